The highest BCUT2D eigenvalue weighted by molar-refractivity contribution is 7.95. The van der Waals surface area contributed by atoms with Crippen molar-refractivity contribution in [2.45, 2.75) is 11.8 Å². The number of aryl methyl sites for hydroxylation is 1. The van der Waals surface area contributed by atoms with Crippen LogP contribution in [0.4, 0.5) is 4.39 Å². The van der Waals surface area contributed by atoms with E-state index in [1.807, 2.05) is 6.92 Å². The Morgan fingerprint density at radius 2 is 1.67 bits per heavy atom. The Bertz CT molecular complexity index is 814. The van der Waals surface area contributed by atoms with E-state index in [-0.39, 0.29) is 9.80 Å². The Morgan fingerprint density at radius 3 is 2.19 bits per heavy atom. The van der Waals surface area contributed by atoms with E-state index in [0.717, 1.165) is 5.56 Å². The molecule has 0 fully saturated rings. The topological polar surface area (TPSA) is 57.9 Å². The molecule has 0 bridgehead atoms. The molecule has 0 N–H and O–H groups in total. The molecule has 0 aromatic heterocycles. The van der Waals surface area contributed by atoms with Crippen LogP contribution in [0.5, 0.6) is 0 Å². The second-order valence-electron chi connectivity index (χ2n) is 4.49. The molecule has 0 aliphatic carbocycles. The average Bonchev–Trinajstić information content (AvgIpc) is 2.47. The minimum Gasteiger partial charge on any atom is -0.218 e. The Kier molecular flexibility index (Phi) is 4.20. The molecule has 0 radical (unpaired) electrons. The van der Waals surface area contributed by atoms with Gasteiger partial charge in [-0.3, -0.25) is 0 Å². The molecule has 0 saturated carbocycles. The van der Waals surface area contributed by atoms with E-state index in [2.05, 4.69) is 0 Å². The molecule has 2 aromatic rings. The lowest BCUT2D eigenvalue weighted by Gasteiger charge is -2.03. The molecule has 0 heterocycles. The molecule has 0 atom stereocenters. The van der Waals surface area contributed by atoms with Crippen LogP contribution in [0.15, 0.2) is 58.3 Å². The Balaban J connectivity index is 2.47. The highest BCUT2D eigenvalue weighted by Gasteiger charge is 2.20. The summed E-state index contributed by atoms with van der Waals surface area (Å²) in [4.78, 5) is -0.319. The summed E-state index contributed by atoms with van der Waals surface area (Å²) < 4.78 is 37.6. The summed E-state index contributed by atoms with van der Waals surface area (Å²) in [5, 5.41) is 9.12. The number of nitriles is 1. The third-order valence-electron chi connectivity index (χ3n) is 2.90. The number of benzene rings is 2. The Labute approximate surface area is 122 Å². The van der Waals surface area contributed by atoms with Gasteiger partial charge >= 0.3 is 0 Å². The van der Waals surface area contributed by atoms with Crippen molar-refractivity contribution in [3.63, 3.8) is 0 Å². The van der Waals surface area contributed by atoms with Crippen molar-refractivity contribution in [3.05, 3.63) is 70.4 Å². The second-order valence-corrected chi connectivity index (χ2v) is 6.41. The fourth-order valence-corrected chi connectivity index (χ4v) is 2.88. The lowest BCUT2D eigenvalue weighted by molar-refractivity contribution is 0.603. The lowest BCUT2D eigenvalue weighted by atomic mass is 10.2. The number of rotatable bonds is 3. The Hall–Kier alpha value is -2.45. The molecule has 2 rings (SSSR count). The quantitative estimate of drug-likeness (QED) is 0.816. The van der Waals surface area contributed by atoms with Crippen LogP contribution in [-0.2, 0) is 9.84 Å². The number of halogens is 1. The van der Waals surface area contributed by atoms with Crippen molar-refractivity contribution >= 4 is 15.9 Å². The fraction of sp³-hybridized carbons (Fsp3) is 0.0625. The maximum Gasteiger partial charge on any atom is 0.216 e. The van der Waals surface area contributed by atoms with Gasteiger partial charge in [0.2, 0.25) is 9.84 Å². The first kappa shape index (κ1) is 14.9. The third kappa shape index (κ3) is 3.36. The summed E-state index contributed by atoms with van der Waals surface area (Å²) in [5.41, 5.74) is 1.37. The summed E-state index contributed by atoms with van der Waals surface area (Å²) in [6.45, 7) is 1.84. The van der Waals surface area contributed by atoms with Gasteiger partial charge < -0.3 is 0 Å². The van der Waals surface area contributed by atoms with Gasteiger partial charge in [0, 0.05) is 0 Å². The SMILES string of the molecule is Cc1ccc(S(=O)(=O)/C(C#N)=C/c2ccc(F)cc2)cc1. The average molecular weight is 301 g/mol. The Morgan fingerprint density at radius 1 is 1.10 bits per heavy atom. The number of hydrogen-bond acceptors (Lipinski definition) is 3. The molecule has 0 amide bonds. The summed E-state index contributed by atoms with van der Waals surface area (Å²) >= 11 is 0. The van der Waals surface area contributed by atoms with Crippen LogP contribution in [0.25, 0.3) is 6.08 Å². The summed E-state index contributed by atoms with van der Waals surface area (Å²) in [6, 6.07) is 13.2. The molecule has 2 aromatic carbocycles. The van der Waals surface area contributed by atoms with E-state index in [9.17, 15) is 12.8 Å². The zero-order valence-electron chi connectivity index (χ0n) is 11.2. The van der Waals surface area contributed by atoms with Crippen LogP contribution in [0.2, 0.25) is 0 Å². The third-order valence-corrected chi connectivity index (χ3v) is 4.58. The molecule has 21 heavy (non-hydrogen) atoms. The summed E-state index contributed by atoms with van der Waals surface area (Å²) in [6.07, 6.45) is 1.23. The summed E-state index contributed by atoms with van der Waals surface area (Å²) in [7, 11) is -3.87. The van der Waals surface area contributed by atoms with E-state index in [4.69, 9.17) is 5.26 Å². The van der Waals surface area contributed by atoms with E-state index in [1.54, 1.807) is 18.2 Å². The maximum absolute atomic E-state index is 12.8. The van der Waals surface area contributed by atoms with Crippen molar-refractivity contribution in [1.82, 2.24) is 0 Å². The fourth-order valence-electron chi connectivity index (χ4n) is 1.72. The molecule has 106 valence electrons. The number of hydrogen-bond donors (Lipinski definition) is 0. The van der Waals surface area contributed by atoms with Crippen LogP contribution in [-0.4, -0.2) is 8.42 Å². The van der Waals surface area contributed by atoms with E-state index in [0.29, 0.717) is 5.56 Å². The first-order valence-electron chi connectivity index (χ1n) is 6.12. The predicted octanol–water partition coefficient (Wildman–Crippen LogP) is 3.47. The number of nitrogens with zero attached hydrogens (tertiary/aromatic N) is 1. The standard InChI is InChI=1S/C16H12FNO2S/c1-12-2-8-15(9-3-12)21(19,20)16(11-18)10-13-4-6-14(17)7-5-13/h2-10H,1H3/b16-10+. The van der Waals surface area contributed by atoms with Crippen molar-refractivity contribution < 1.29 is 12.8 Å². The highest BCUT2D eigenvalue weighted by Crippen LogP contribution is 2.21. The molecule has 0 saturated heterocycles. The van der Waals surface area contributed by atoms with E-state index in [1.165, 1.54) is 42.5 Å². The zero-order chi connectivity index (χ0) is 15.5. The largest absolute Gasteiger partial charge is 0.218 e. The van der Waals surface area contributed by atoms with Gasteiger partial charge in [0.15, 0.2) is 0 Å². The van der Waals surface area contributed by atoms with Gasteiger partial charge in [0.1, 0.15) is 16.8 Å². The molecular weight excluding hydrogens is 289 g/mol. The first-order valence-corrected chi connectivity index (χ1v) is 7.61. The summed E-state index contributed by atoms with van der Waals surface area (Å²) in [5.74, 6) is -0.424. The van der Waals surface area contributed by atoms with E-state index >= 15 is 0 Å². The van der Waals surface area contributed by atoms with Gasteiger partial charge in [-0.15, -0.1) is 0 Å². The van der Waals surface area contributed by atoms with Gasteiger partial charge in [0.25, 0.3) is 0 Å². The molecule has 0 spiro atoms. The minimum atomic E-state index is -3.87. The van der Waals surface area contributed by atoms with Crippen molar-refractivity contribution in [3.8, 4) is 6.07 Å². The second kappa shape index (κ2) is 5.90. The molecule has 3 nitrogen and oxygen atoms in total. The molecule has 0 aliphatic heterocycles. The molecule has 0 aliphatic rings. The van der Waals surface area contributed by atoms with Crippen LogP contribution in [0.1, 0.15) is 11.1 Å². The van der Waals surface area contributed by atoms with Gasteiger partial charge in [-0.05, 0) is 42.8 Å². The molecular formula is C16H12FNO2S. The molecule has 0 unspecified atom stereocenters. The van der Waals surface area contributed by atoms with Crippen molar-refractivity contribution in [1.29, 1.82) is 5.26 Å². The number of allylic oxidation sites excluding steroid dienone is 1. The highest BCUT2D eigenvalue weighted by atomic mass is 32.2. The van der Waals surface area contributed by atoms with Crippen LogP contribution in [0, 0.1) is 24.1 Å². The van der Waals surface area contributed by atoms with Gasteiger partial charge in [-0.1, -0.05) is 29.8 Å². The lowest BCUT2D eigenvalue weighted by Crippen LogP contribution is -2.03. The smallest absolute Gasteiger partial charge is 0.216 e. The van der Waals surface area contributed by atoms with E-state index < -0.39 is 15.7 Å². The first-order chi connectivity index (χ1) is 9.93. The van der Waals surface area contributed by atoms with Crippen LogP contribution < -0.4 is 0 Å². The predicted molar refractivity (Wildman–Crippen MR) is 78.4 cm³/mol. The normalized spacial score (nSPS) is 12.0. The molecule has 5 heteroatoms. The van der Waals surface area contributed by atoms with Crippen molar-refractivity contribution in [2.75, 3.05) is 0 Å². The maximum atomic E-state index is 12.8. The van der Waals surface area contributed by atoms with Gasteiger partial charge in [0.05, 0.1) is 4.90 Å². The monoisotopic (exact) mass is 301 g/mol. The zero-order valence-corrected chi connectivity index (χ0v) is 12.1. The van der Waals surface area contributed by atoms with Crippen LogP contribution in [0.3, 0.4) is 0 Å². The minimum absolute atomic E-state index is 0.0583. The van der Waals surface area contributed by atoms with Gasteiger partial charge in [-0.2, -0.15) is 5.26 Å². The van der Waals surface area contributed by atoms with Crippen molar-refractivity contribution in [2.24, 2.45) is 0 Å². The van der Waals surface area contributed by atoms with Gasteiger partial charge in [-0.25, -0.2) is 12.8 Å². The van der Waals surface area contributed by atoms with Crippen LogP contribution >= 0.6 is 0 Å². The number of sulfone groups is 1.